The van der Waals surface area contributed by atoms with Gasteiger partial charge in [0.2, 0.25) is 0 Å². The van der Waals surface area contributed by atoms with Crippen LogP contribution in [0.2, 0.25) is 0 Å². The summed E-state index contributed by atoms with van der Waals surface area (Å²) >= 11 is 0. The molecule has 47 heavy (non-hydrogen) atoms. The highest BCUT2D eigenvalue weighted by atomic mass is 19.2. The van der Waals surface area contributed by atoms with Gasteiger partial charge in [0.25, 0.3) is 0 Å². The molecule has 0 radical (unpaired) electrons. The minimum Gasteiger partial charge on any atom is -0.308 e. The highest BCUT2D eigenvalue weighted by molar-refractivity contribution is 6.10. The van der Waals surface area contributed by atoms with E-state index in [-0.39, 0.29) is 0 Å². The predicted molar refractivity (Wildman–Crippen MR) is 181 cm³/mol. The summed E-state index contributed by atoms with van der Waals surface area (Å²) < 4.78 is 30.5. The van der Waals surface area contributed by atoms with Crippen molar-refractivity contribution in [3.63, 3.8) is 0 Å². The molecule has 7 heteroatoms. The van der Waals surface area contributed by atoms with Gasteiger partial charge in [-0.2, -0.15) is 5.26 Å². The van der Waals surface area contributed by atoms with Crippen molar-refractivity contribution in [1.82, 2.24) is 19.5 Å². The van der Waals surface area contributed by atoms with Crippen LogP contribution in [0.4, 0.5) is 8.78 Å². The van der Waals surface area contributed by atoms with Gasteiger partial charge in [-0.05, 0) is 53.6 Å². The van der Waals surface area contributed by atoms with E-state index in [0.29, 0.717) is 39.7 Å². The third-order valence-corrected chi connectivity index (χ3v) is 8.23. The molecule has 8 rings (SSSR count). The highest BCUT2D eigenvalue weighted by Gasteiger charge is 2.21. The predicted octanol–water partition coefficient (Wildman–Crippen LogP) is 9.79. The van der Waals surface area contributed by atoms with Gasteiger partial charge in [0, 0.05) is 27.5 Å². The van der Waals surface area contributed by atoms with Gasteiger partial charge in [-0.25, -0.2) is 23.7 Å². The Morgan fingerprint density at radius 2 is 1.09 bits per heavy atom. The summed E-state index contributed by atoms with van der Waals surface area (Å²) in [5.41, 5.74) is 6.50. The van der Waals surface area contributed by atoms with Gasteiger partial charge >= 0.3 is 0 Å². The Morgan fingerprint density at radius 3 is 1.77 bits per heavy atom. The van der Waals surface area contributed by atoms with Crippen molar-refractivity contribution in [2.75, 3.05) is 0 Å². The Kier molecular flexibility index (Phi) is 6.81. The number of benzene rings is 6. The maximum absolute atomic E-state index is 14.5. The first-order valence-electron chi connectivity index (χ1n) is 15.0. The lowest BCUT2D eigenvalue weighted by atomic mass is 10.0. The second-order valence-electron chi connectivity index (χ2n) is 11.1. The van der Waals surface area contributed by atoms with Crippen LogP contribution in [-0.4, -0.2) is 19.5 Å². The Hall–Kier alpha value is -6.52. The minimum atomic E-state index is -0.933. The lowest BCUT2D eigenvalue weighted by Gasteiger charge is -2.16. The molecule has 0 saturated carbocycles. The number of fused-ring (bicyclic) bond motifs is 3. The number of nitrogens with zero attached hydrogens (tertiary/aromatic N) is 5. The quantitative estimate of drug-likeness (QED) is 0.194. The van der Waals surface area contributed by atoms with Gasteiger partial charge in [0.15, 0.2) is 29.1 Å². The second-order valence-corrected chi connectivity index (χ2v) is 11.1. The first kappa shape index (κ1) is 28.0. The summed E-state index contributed by atoms with van der Waals surface area (Å²) in [5.74, 6) is -0.459. The lowest BCUT2D eigenvalue weighted by molar-refractivity contribution is 0.509. The van der Waals surface area contributed by atoms with Crippen LogP contribution >= 0.6 is 0 Å². The zero-order valence-corrected chi connectivity index (χ0v) is 24.8. The number of rotatable bonds is 5. The molecule has 0 bridgehead atoms. The van der Waals surface area contributed by atoms with Gasteiger partial charge in [0.05, 0.1) is 28.4 Å². The molecule has 6 aromatic carbocycles. The summed E-state index contributed by atoms with van der Waals surface area (Å²) in [6.45, 7) is 0. The number of halogens is 2. The maximum Gasteiger partial charge on any atom is 0.166 e. The van der Waals surface area contributed by atoms with Crippen molar-refractivity contribution in [3.05, 3.63) is 157 Å². The molecule has 0 amide bonds. The van der Waals surface area contributed by atoms with Gasteiger partial charge in [-0.3, -0.25) is 0 Å². The number of nitriles is 1. The molecular formula is C40H23F2N5. The largest absolute Gasteiger partial charge is 0.308 e. The fraction of sp³-hybridized carbons (Fsp3) is 0. The topological polar surface area (TPSA) is 67.4 Å². The molecule has 2 heterocycles. The van der Waals surface area contributed by atoms with Crippen molar-refractivity contribution >= 4 is 21.8 Å². The average molecular weight is 612 g/mol. The van der Waals surface area contributed by atoms with Gasteiger partial charge in [-0.1, -0.05) is 97.1 Å². The van der Waals surface area contributed by atoms with Crippen LogP contribution in [0.5, 0.6) is 0 Å². The molecule has 8 aromatic rings. The molecule has 0 unspecified atom stereocenters. The molecule has 0 spiro atoms. The van der Waals surface area contributed by atoms with E-state index < -0.39 is 11.6 Å². The van der Waals surface area contributed by atoms with Gasteiger partial charge in [-0.15, -0.1) is 0 Å². The highest BCUT2D eigenvalue weighted by Crippen LogP contribution is 2.38. The summed E-state index contributed by atoms with van der Waals surface area (Å²) in [6, 6.07) is 44.9. The van der Waals surface area contributed by atoms with Crippen LogP contribution < -0.4 is 0 Å². The lowest BCUT2D eigenvalue weighted by Crippen LogP contribution is -2.04. The molecule has 222 valence electrons. The molecule has 2 aromatic heterocycles. The van der Waals surface area contributed by atoms with E-state index in [4.69, 9.17) is 15.0 Å². The molecular weight excluding hydrogens is 588 g/mol. The van der Waals surface area contributed by atoms with Crippen LogP contribution in [0.15, 0.2) is 140 Å². The molecule has 0 N–H and O–H groups in total. The fourth-order valence-electron chi connectivity index (χ4n) is 5.99. The SMILES string of the molecule is N#Cc1ccc2c3ccccc3n(-c3ccc(-c4ccc(F)c(F)c4)cc3-c3nc(-c4ccccc4)nc(-c4ccccc4)n3)c2c1. The monoisotopic (exact) mass is 611 g/mol. The van der Waals surface area contributed by atoms with E-state index in [1.807, 2.05) is 115 Å². The summed E-state index contributed by atoms with van der Waals surface area (Å²) in [4.78, 5) is 14.9. The van der Waals surface area contributed by atoms with Crippen molar-refractivity contribution in [2.24, 2.45) is 0 Å². The summed E-state index contributed by atoms with van der Waals surface area (Å²) in [7, 11) is 0. The van der Waals surface area contributed by atoms with E-state index in [9.17, 15) is 14.0 Å². The molecule has 0 aliphatic carbocycles. The minimum absolute atomic E-state index is 0.402. The zero-order chi connectivity index (χ0) is 31.9. The molecule has 0 fully saturated rings. The Bertz CT molecular complexity index is 2440. The van der Waals surface area contributed by atoms with Crippen molar-refractivity contribution in [2.45, 2.75) is 0 Å². The van der Waals surface area contributed by atoms with E-state index in [2.05, 4.69) is 16.7 Å². The first-order valence-corrected chi connectivity index (χ1v) is 15.0. The van der Waals surface area contributed by atoms with E-state index in [1.54, 1.807) is 6.07 Å². The Labute approximate surface area is 268 Å². The molecule has 0 aliphatic heterocycles. The van der Waals surface area contributed by atoms with Crippen molar-refractivity contribution in [3.8, 4) is 57.0 Å². The third-order valence-electron chi connectivity index (χ3n) is 8.23. The van der Waals surface area contributed by atoms with Crippen molar-refractivity contribution < 1.29 is 8.78 Å². The van der Waals surface area contributed by atoms with Crippen LogP contribution in [-0.2, 0) is 0 Å². The van der Waals surface area contributed by atoms with Crippen molar-refractivity contribution in [1.29, 1.82) is 5.26 Å². The number of para-hydroxylation sites is 1. The van der Waals surface area contributed by atoms with Crippen LogP contribution in [0.3, 0.4) is 0 Å². The van der Waals surface area contributed by atoms with E-state index in [0.717, 1.165) is 44.7 Å². The molecule has 0 aliphatic rings. The Balaban J connectivity index is 1.47. The first-order chi connectivity index (χ1) is 23.1. The summed E-state index contributed by atoms with van der Waals surface area (Å²) in [6.07, 6.45) is 0. The van der Waals surface area contributed by atoms with E-state index >= 15 is 0 Å². The van der Waals surface area contributed by atoms with Gasteiger partial charge < -0.3 is 4.57 Å². The number of aromatic nitrogens is 4. The van der Waals surface area contributed by atoms with Crippen LogP contribution in [0.25, 0.3) is 72.8 Å². The molecule has 0 atom stereocenters. The summed E-state index contributed by atoms with van der Waals surface area (Å²) in [5, 5.41) is 11.8. The molecule has 0 saturated heterocycles. The molecule has 5 nitrogen and oxygen atoms in total. The second kappa shape index (κ2) is 11.4. The van der Waals surface area contributed by atoms with Gasteiger partial charge in [0.1, 0.15) is 0 Å². The average Bonchev–Trinajstić information content (AvgIpc) is 3.46. The maximum atomic E-state index is 14.5. The van der Waals surface area contributed by atoms with E-state index in [1.165, 1.54) is 6.07 Å². The third kappa shape index (κ3) is 4.98. The fourth-order valence-corrected chi connectivity index (χ4v) is 5.99. The van der Waals surface area contributed by atoms with Crippen LogP contribution in [0, 0.1) is 23.0 Å². The zero-order valence-electron chi connectivity index (χ0n) is 24.8. The Morgan fingerprint density at radius 1 is 0.489 bits per heavy atom. The number of hydrogen-bond acceptors (Lipinski definition) is 4. The van der Waals surface area contributed by atoms with Crippen LogP contribution in [0.1, 0.15) is 5.56 Å². The standard InChI is InChI=1S/C40H23F2N5/c41-33-19-16-29(23-34(33)42)28-17-20-36(47-35-14-8-7-13-30(35)31-18-15-25(24-43)21-37(31)47)32(22-28)40-45-38(26-9-3-1-4-10-26)44-39(46-40)27-11-5-2-6-12-27/h1-23H. The normalized spacial score (nSPS) is 11.2. The smallest absolute Gasteiger partial charge is 0.166 e. The number of hydrogen-bond donors (Lipinski definition) is 0.